The third-order valence-corrected chi connectivity index (χ3v) is 5.65. The van der Waals surface area contributed by atoms with Crippen LogP contribution >= 0.6 is 0 Å². The zero-order valence-electron chi connectivity index (χ0n) is 15.2. The van der Waals surface area contributed by atoms with Crippen molar-refractivity contribution in [1.29, 1.82) is 0 Å². The summed E-state index contributed by atoms with van der Waals surface area (Å²) in [6.45, 7) is -1.67. The average Bonchev–Trinajstić information content (AvgIpc) is 2.67. The first kappa shape index (κ1) is 22.6. The number of halogens is 4. The topological polar surface area (TPSA) is 75.7 Å². The lowest BCUT2D eigenvalue weighted by Gasteiger charge is -2.18. The van der Waals surface area contributed by atoms with Crippen LogP contribution in [-0.4, -0.2) is 51.6 Å². The van der Waals surface area contributed by atoms with Crippen LogP contribution in [0, 0.1) is 5.82 Å². The summed E-state index contributed by atoms with van der Waals surface area (Å²) in [5.41, 5.74) is -0.112. The number of carbonyl (C=O) groups is 1. The summed E-state index contributed by atoms with van der Waals surface area (Å²) in [4.78, 5) is 11.5. The van der Waals surface area contributed by atoms with Gasteiger partial charge in [-0.15, -0.1) is 0 Å². The Labute approximate surface area is 165 Å². The second kappa shape index (κ2) is 9.23. The predicted molar refractivity (Wildman–Crippen MR) is 96.5 cm³/mol. The largest absolute Gasteiger partial charge is 0.489 e. The number of carbonyl (C=O) groups excluding carboxylic acids is 1. The molecule has 6 nitrogen and oxygen atoms in total. The molecule has 11 heteroatoms. The van der Waals surface area contributed by atoms with Gasteiger partial charge in [0.05, 0.1) is 4.90 Å². The summed E-state index contributed by atoms with van der Waals surface area (Å²) >= 11 is 0. The van der Waals surface area contributed by atoms with Crippen LogP contribution in [0.4, 0.5) is 17.6 Å². The number of amides is 1. The number of alkyl halides is 3. The maximum absolute atomic E-state index is 13.5. The summed E-state index contributed by atoms with van der Waals surface area (Å²) in [7, 11) is -2.64. The number of hydrogen-bond acceptors (Lipinski definition) is 4. The smallest absolute Gasteiger partial charge is 0.405 e. The van der Waals surface area contributed by atoms with E-state index in [1.165, 1.54) is 25.2 Å². The van der Waals surface area contributed by atoms with Crippen LogP contribution in [0.1, 0.15) is 10.4 Å². The van der Waals surface area contributed by atoms with Crippen molar-refractivity contribution in [2.24, 2.45) is 0 Å². The van der Waals surface area contributed by atoms with Gasteiger partial charge in [0.15, 0.2) is 11.6 Å². The van der Waals surface area contributed by atoms with Crippen molar-refractivity contribution >= 4 is 15.9 Å². The Morgan fingerprint density at radius 2 is 1.72 bits per heavy atom. The van der Waals surface area contributed by atoms with Crippen LogP contribution in [0.25, 0.3) is 0 Å². The number of para-hydroxylation sites is 1. The molecule has 0 aromatic heterocycles. The number of ether oxygens (including phenoxy) is 1. The lowest BCUT2D eigenvalue weighted by atomic mass is 10.2. The fourth-order valence-corrected chi connectivity index (χ4v) is 3.36. The van der Waals surface area contributed by atoms with E-state index in [9.17, 15) is 30.8 Å². The number of likely N-dealkylation sites (N-methyl/N-ethyl adjacent to an activating group) is 1. The maximum atomic E-state index is 13.5. The van der Waals surface area contributed by atoms with E-state index in [0.29, 0.717) is 0 Å². The average molecular weight is 434 g/mol. The molecule has 2 aromatic rings. The van der Waals surface area contributed by atoms with E-state index in [2.05, 4.69) is 0 Å². The van der Waals surface area contributed by atoms with Gasteiger partial charge in [0.25, 0.3) is 5.91 Å². The van der Waals surface area contributed by atoms with Gasteiger partial charge in [-0.05, 0) is 36.4 Å². The van der Waals surface area contributed by atoms with Crippen LogP contribution in [0.5, 0.6) is 5.75 Å². The highest BCUT2D eigenvalue weighted by atomic mass is 32.2. The monoisotopic (exact) mass is 434 g/mol. The Balaban J connectivity index is 1.97. The lowest BCUT2D eigenvalue weighted by Crippen LogP contribution is -2.33. The van der Waals surface area contributed by atoms with Crippen LogP contribution in [0.2, 0.25) is 0 Å². The molecule has 0 fully saturated rings. The Kier molecular flexibility index (Phi) is 7.20. The fourth-order valence-electron chi connectivity index (χ4n) is 2.21. The molecule has 0 aliphatic rings. The lowest BCUT2D eigenvalue weighted by molar-refractivity contribution is -0.123. The molecule has 0 saturated carbocycles. The van der Waals surface area contributed by atoms with Crippen molar-refractivity contribution in [2.45, 2.75) is 11.1 Å². The zero-order chi connectivity index (χ0) is 21.7. The Hall–Kier alpha value is -2.66. The van der Waals surface area contributed by atoms with Gasteiger partial charge in [0.1, 0.15) is 13.2 Å². The molecule has 0 bridgehead atoms. The number of sulfonamides is 1. The summed E-state index contributed by atoms with van der Waals surface area (Å²) in [6.07, 6.45) is -4.55. The molecule has 0 aliphatic heterocycles. The van der Waals surface area contributed by atoms with Crippen molar-refractivity contribution in [2.75, 3.05) is 26.7 Å². The van der Waals surface area contributed by atoms with Gasteiger partial charge in [0.2, 0.25) is 10.0 Å². The first-order valence-electron chi connectivity index (χ1n) is 8.29. The number of benzene rings is 2. The maximum Gasteiger partial charge on any atom is 0.405 e. The van der Waals surface area contributed by atoms with Gasteiger partial charge in [-0.1, -0.05) is 12.1 Å². The predicted octanol–water partition coefficient (Wildman–Crippen LogP) is 2.82. The Morgan fingerprint density at radius 3 is 2.31 bits per heavy atom. The van der Waals surface area contributed by atoms with Crippen LogP contribution < -0.4 is 10.1 Å². The van der Waals surface area contributed by atoms with Gasteiger partial charge in [-0.3, -0.25) is 4.79 Å². The van der Waals surface area contributed by atoms with Crippen LogP contribution in [-0.2, 0) is 10.0 Å². The molecule has 0 atom stereocenters. The second-order valence-electron chi connectivity index (χ2n) is 5.93. The molecule has 0 heterocycles. The van der Waals surface area contributed by atoms with Crippen molar-refractivity contribution in [3.05, 3.63) is 59.9 Å². The van der Waals surface area contributed by atoms with Gasteiger partial charge in [0, 0.05) is 19.2 Å². The summed E-state index contributed by atoms with van der Waals surface area (Å²) in [5.74, 6) is -1.55. The first-order chi connectivity index (χ1) is 13.5. The molecule has 158 valence electrons. The molecule has 2 rings (SSSR count). The molecule has 1 N–H and O–H groups in total. The quantitative estimate of drug-likeness (QED) is 0.649. The van der Waals surface area contributed by atoms with E-state index in [4.69, 9.17) is 4.74 Å². The number of hydrogen-bond donors (Lipinski definition) is 1. The van der Waals surface area contributed by atoms with E-state index < -0.39 is 34.5 Å². The highest BCUT2D eigenvalue weighted by molar-refractivity contribution is 7.89. The fraction of sp³-hybridized carbons (Fsp3) is 0.278. The molecule has 0 aliphatic carbocycles. The molecular formula is C18H18F4N2O4S. The van der Waals surface area contributed by atoms with Gasteiger partial charge >= 0.3 is 6.18 Å². The molecular weight excluding hydrogens is 416 g/mol. The van der Waals surface area contributed by atoms with Gasteiger partial charge < -0.3 is 10.1 Å². The van der Waals surface area contributed by atoms with E-state index in [1.807, 2.05) is 0 Å². The van der Waals surface area contributed by atoms with E-state index in [0.717, 1.165) is 28.6 Å². The SMILES string of the molecule is CN(CCOc1ccccc1F)S(=O)(=O)c1ccc(C(=O)NCC(F)(F)F)cc1. The third-order valence-electron chi connectivity index (χ3n) is 3.77. The van der Waals surface area contributed by atoms with E-state index in [1.54, 1.807) is 11.4 Å². The van der Waals surface area contributed by atoms with Crippen molar-refractivity contribution < 1.29 is 35.5 Å². The standard InChI is InChI=1S/C18H18F4N2O4S/c1-24(10-11-28-16-5-3-2-4-15(16)19)29(26,27)14-8-6-13(7-9-14)17(25)23-12-18(20,21)22/h2-9H,10-12H2,1H3,(H,23,25). The third kappa shape index (κ3) is 6.43. The zero-order valence-corrected chi connectivity index (χ0v) is 16.1. The van der Waals surface area contributed by atoms with Gasteiger partial charge in [-0.25, -0.2) is 12.8 Å². The molecule has 2 aromatic carbocycles. The highest BCUT2D eigenvalue weighted by Gasteiger charge is 2.28. The number of rotatable bonds is 8. The summed E-state index contributed by atoms with van der Waals surface area (Å²) in [5, 5.41) is 1.70. The first-order valence-corrected chi connectivity index (χ1v) is 9.73. The van der Waals surface area contributed by atoms with E-state index >= 15 is 0 Å². The molecule has 0 unspecified atom stereocenters. The number of nitrogens with one attached hydrogen (secondary N) is 1. The molecule has 1 amide bonds. The Morgan fingerprint density at radius 1 is 1.10 bits per heavy atom. The van der Waals surface area contributed by atoms with Gasteiger partial charge in [-0.2, -0.15) is 17.5 Å². The summed E-state index contributed by atoms with van der Waals surface area (Å²) in [6, 6.07) is 10.1. The second-order valence-corrected chi connectivity index (χ2v) is 7.97. The molecule has 29 heavy (non-hydrogen) atoms. The minimum Gasteiger partial charge on any atom is -0.489 e. The van der Waals surface area contributed by atoms with Crippen molar-refractivity contribution in [3.63, 3.8) is 0 Å². The van der Waals surface area contributed by atoms with Crippen LogP contribution in [0.15, 0.2) is 53.4 Å². The van der Waals surface area contributed by atoms with Crippen molar-refractivity contribution in [1.82, 2.24) is 9.62 Å². The molecule has 0 radical (unpaired) electrons. The summed E-state index contributed by atoms with van der Waals surface area (Å²) < 4.78 is 81.2. The highest BCUT2D eigenvalue weighted by Crippen LogP contribution is 2.18. The molecule has 0 spiro atoms. The Bertz CT molecular complexity index is 947. The van der Waals surface area contributed by atoms with Crippen LogP contribution in [0.3, 0.4) is 0 Å². The number of nitrogens with zero attached hydrogens (tertiary/aromatic N) is 1. The minimum atomic E-state index is -4.55. The minimum absolute atomic E-state index is 0.00693. The van der Waals surface area contributed by atoms with E-state index in [-0.39, 0.29) is 29.4 Å². The molecule has 0 saturated heterocycles. The van der Waals surface area contributed by atoms with Crippen molar-refractivity contribution in [3.8, 4) is 5.75 Å². The normalized spacial score (nSPS) is 12.1.